The molecule has 0 saturated heterocycles. The van der Waals surface area contributed by atoms with Crippen LogP contribution < -0.4 is 4.74 Å². The SMILES string of the molecule is C#CC1/C=C(/C)CC#CCCc2c(Br)cccc2O1. The lowest BCUT2D eigenvalue weighted by atomic mass is 10.1. The third kappa shape index (κ3) is 3.66. The van der Waals surface area contributed by atoms with Crippen molar-refractivity contribution in [2.24, 2.45) is 0 Å². The number of terminal acetylenes is 1. The Morgan fingerprint density at radius 1 is 1.42 bits per heavy atom. The van der Waals surface area contributed by atoms with E-state index < -0.39 is 0 Å². The summed E-state index contributed by atoms with van der Waals surface area (Å²) >= 11 is 3.57. The van der Waals surface area contributed by atoms with Crippen molar-refractivity contribution >= 4 is 15.9 Å². The Labute approximate surface area is 123 Å². The fourth-order valence-electron chi connectivity index (χ4n) is 1.94. The summed E-state index contributed by atoms with van der Waals surface area (Å²) in [4.78, 5) is 0. The van der Waals surface area contributed by atoms with Crippen LogP contribution in [0.1, 0.15) is 25.3 Å². The first-order valence-corrected chi connectivity index (χ1v) is 7.03. The van der Waals surface area contributed by atoms with Crippen LogP contribution in [-0.2, 0) is 6.42 Å². The molecule has 2 heteroatoms. The molecular weight excluding hydrogens is 300 g/mol. The van der Waals surface area contributed by atoms with E-state index in [2.05, 4.69) is 33.7 Å². The van der Waals surface area contributed by atoms with Crippen LogP contribution >= 0.6 is 15.9 Å². The van der Waals surface area contributed by atoms with Crippen LogP contribution in [0.2, 0.25) is 0 Å². The molecule has 0 N–H and O–H groups in total. The molecule has 0 amide bonds. The number of rotatable bonds is 0. The normalized spacial score (nSPS) is 21.3. The van der Waals surface area contributed by atoms with E-state index in [0.29, 0.717) is 0 Å². The van der Waals surface area contributed by atoms with E-state index in [9.17, 15) is 0 Å². The Morgan fingerprint density at radius 3 is 3.05 bits per heavy atom. The minimum atomic E-state index is -0.340. The number of halogens is 1. The number of ether oxygens (including phenoxy) is 1. The molecule has 1 aromatic rings. The second-order valence-electron chi connectivity index (χ2n) is 4.46. The van der Waals surface area contributed by atoms with E-state index in [-0.39, 0.29) is 6.10 Å². The van der Waals surface area contributed by atoms with Crippen molar-refractivity contribution in [3.05, 3.63) is 39.9 Å². The number of hydrogen-bond donors (Lipinski definition) is 0. The van der Waals surface area contributed by atoms with E-state index in [1.54, 1.807) is 0 Å². The molecule has 0 spiro atoms. The van der Waals surface area contributed by atoms with Crippen molar-refractivity contribution in [1.82, 2.24) is 0 Å². The standard InChI is InChI=1S/C17H15BrO/c1-3-14-12-13(2)8-5-4-6-9-15-16(18)10-7-11-17(15)19-14/h1,7,10-12,14H,6,8-9H2,2H3/b13-12-. The summed E-state index contributed by atoms with van der Waals surface area (Å²) in [6.07, 6.45) is 9.60. The van der Waals surface area contributed by atoms with Crippen molar-refractivity contribution < 1.29 is 4.74 Å². The minimum absolute atomic E-state index is 0.340. The first-order valence-electron chi connectivity index (χ1n) is 6.24. The average Bonchev–Trinajstić information content (AvgIpc) is 2.42. The first-order chi connectivity index (χ1) is 9.20. The predicted octanol–water partition coefficient (Wildman–Crippen LogP) is 4.12. The fourth-order valence-corrected chi connectivity index (χ4v) is 2.49. The van der Waals surface area contributed by atoms with Gasteiger partial charge in [-0.15, -0.1) is 12.3 Å². The zero-order valence-electron chi connectivity index (χ0n) is 10.9. The van der Waals surface area contributed by atoms with Crippen LogP contribution in [0.15, 0.2) is 34.3 Å². The molecule has 1 unspecified atom stereocenters. The summed E-state index contributed by atoms with van der Waals surface area (Å²) in [5.74, 6) is 9.87. The lowest BCUT2D eigenvalue weighted by Crippen LogP contribution is -2.12. The molecule has 1 aliphatic heterocycles. The third-order valence-electron chi connectivity index (χ3n) is 2.92. The smallest absolute Gasteiger partial charge is 0.177 e. The lowest BCUT2D eigenvalue weighted by Gasteiger charge is -2.15. The predicted molar refractivity (Wildman–Crippen MR) is 81.9 cm³/mol. The third-order valence-corrected chi connectivity index (χ3v) is 3.67. The molecule has 0 bridgehead atoms. The molecule has 0 saturated carbocycles. The van der Waals surface area contributed by atoms with Gasteiger partial charge in [-0.2, -0.15) is 0 Å². The van der Waals surface area contributed by atoms with Gasteiger partial charge in [-0.05, 0) is 31.6 Å². The molecule has 96 valence electrons. The van der Waals surface area contributed by atoms with Gasteiger partial charge >= 0.3 is 0 Å². The van der Waals surface area contributed by atoms with Gasteiger partial charge in [-0.25, -0.2) is 0 Å². The van der Waals surface area contributed by atoms with Crippen LogP contribution in [-0.4, -0.2) is 6.10 Å². The summed E-state index contributed by atoms with van der Waals surface area (Å²) in [5, 5.41) is 0. The van der Waals surface area contributed by atoms with E-state index in [0.717, 1.165) is 40.6 Å². The highest BCUT2D eigenvalue weighted by molar-refractivity contribution is 9.10. The highest BCUT2D eigenvalue weighted by atomic mass is 79.9. The summed E-state index contributed by atoms with van der Waals surface area (Å²) in [5.41, 5.74) is 2.28. The maximum absolute atomic E-state index is 5.93. The Balaban J connectivity index is 2.41. The van der Waals surface area contributed by atoms with Gasteiger partial charge in [0.2, 0.25) is 0 Å². The second kappa shape index (κ2) is 6.50. The van der Waals surface area contributed by atoms with Crippen LogP contribution in [0.25, 0.3) is 0 Å². The summed E-state index contributed by atoms with van der Waals surface area (Å²) in [7, 11) is 0. The first kappa shape index (κ1) is 13.8. The van der Waals surface area contributed by atoms with Gasteiger partial charge in [0.15, 0.2) is 6.10 Å². The van der Waals surface area contributed by atoms with Gasteiger partial charge < -0.3 is 4.74 Å². The van der Waals surface area contributed by atoms with E-state index in [1.165, 1.54) is 0 Å². The summed E-state index contributed by atoms with van der Waals surface area (Å²) in [6, 6.07) is 5.93. The minimum Gasteiger partial charge on any atom is -0.473 e. The molecule has 1 aromatic carbocycles. The molecule has 1 atom stereocenters. The van der Waals surface area contributed by atoms with Crippen molar-refractivity contribution in [3.63, 3.8) is 0 Å². The lowest BCUT2D eigenvalue weighted by molar-refractivity contribution is 0.300. The van der Waals surface area contributed by atoms with Gasteiger partial charge in [0, 0.05) is 22.9 Å². The largest absolute Gasteiger partial charge is 0.473 e. The van der Waals surface area contributed by atoms with Crippen molar-refractivity contribution in [3.8, 4) is 29.9 Å². The number of allylic oxidation sites excluding steroid dienone is 1. The van der Waals surface area contributed by atoms with Crippen molar-refractivity contribution in [2.45, 2.75) is 32.3 Å². The topological polar surface area (TPSA) is 9.23 Å². The Kier molecular flexibility index (Phi) is 4.72. The van der Waals surface area contributed by atoms with Crippen LogP contribution in [0, 0.1) is 24.2 Å². The number of benzene rings is 1. The second-order valence-corrected chi connectivity index (χ2v) is 5.32. The van der Waals surface area contributed by atoms with E-state index >= 15 is 0 Å². The Morgan fingerprint density at radius 2 is 2.26 bits per heavy atom. The Hall–Kier alpha value is -1.64. The zero-order chi connectivity index (χ0) is 13.7. The monoisotopic (exact) mass is 314 g/mol. The summed E-state index contributed by atoms with van der Waals surface area (Å²) in [6.45, 7) is 2.03. The maximum atomic E-state index is 5.93. The van der Waals surface area contributed by atoms with Gasteiger partial charge in [-0.3, -0.25) is 0 Å². The van der Waals surface area contributed by atoms with E-state index in [4.69, 9.17) is 11.2 Å². The molecule has 1 nitrogen and oxygen atoms in total. The van der Waals surface area contributed by atoms with Crippen molar-refractivity contribution in [1.29, 1.82) is 0 Å². The van der Waals surface area contributed by atoms with Gasteiger partial charge in [0.25, 0.3) is 0 Å². The quantitative estimate of drug-likeness (QED) is 0.517. The molecule has 2 rings (SSSR count). The molecule has 0 radical (unpaired) electrons. The Bertz CT molecular complexity index is 596. The molecule has 19 heavy (non-hydrogen) atoms. The van der Waals surface area contributed by atoms with Gasteiger partial charge in [0.1, 0.15) is 5.75 Å². The van der Waals surface area contributed by atoms with Gasteiger partial charge in [0.05, 0.1) is 0 Å². The zero-order valence-corrected chi connectivity index (χ0v) is 12.5. The molecule has 1 aliphatic rings. The highest BCUT2D eigenvalue weighted by Gasteiger charge is 2.11. The van der Waals surface area contributed by atoms with Crippen LogP contribution in [0.4, 0.5) is 0 Å². The molecule has 0 aromatic heterocycles. The maximum Gasteiger partial charge on any atom is 0.177 e. The number of hydrogen-bond acceptors (Lipinski definition) is 1. The fraction of sp³-hybridized carbons (Fsp3) is 0.294. The molecular formula is C17H15BrO. The average molecular weight is 315 g/mol. The number of fused-ring (bicyclic) bond motifs is 1. The highest BCUT2D eigenvalue weighted by Crippen LogP contribution is 2.29. The summed E-state index contributed by atoms with van der Waals surface area (Å²) < 4.78 is 6.97. The van der Waals surface area contributed by atoms with Crippen LogP contribution in [0.5, 0.6) is 5.75 Å². The molecule has 0 aliphatic carbocycles. The van der Waals surface area contributed by atoms with Gasteiger partial charge in [-0.1, -0.05) is 39.4 Å². The van der Waals surface area contributed by atoms with Crippen LogP contribution in [0.3, 0.4) is 0 Å². The van der Waals surface area contributed by atoms with Crippen molar-refractivity contribution in [2.75, 3.05) is 0 Å². The van der Waals surface area contributed by atoms with E-state index in [1.807, 2.05) is 31.2 Å². The molecule has 1 heterocycles. The molecule has 0 fully saturated rings.